The second kappa shape index (κ2) is 13.6. The lowest BCUT2D eigenvalue weighted by Crippen LogP contribution is -2.51. The SMILES string of the molecule is C=CC(=O)OCCOCCOc1ccc(C23CC4CC(c5ccc(OCCOCCOC(=O)C=C)cc5)(C2)C4C3)cc1. The van der Waals surface area contributed by atoms with Crippen molar-refractivity contribution in [2.75, 3.05) is 52.9 Å². The Morgan fingerprint density at radius 2 is 1.17 bits per heavy atom. The highest BCUT2D eigenvalue weighted by atomic mass is 16.6. The molecule has 8 heteroatoms. The fourth-order valence-corrected chi connectivity index (χ4v) is 7.31. The van der Waals surface area contributed by atoms with Gasteiger partial charge in [0, 0.05) is 12.2 Å². The van der Waals surface area contributed by atoms with Gasteiger partial charge in [-0.05, 0) is 83.7 Å². The van der Waals surface area contributed by atoms with Crippen molar-refractivity contribution in [3.63, 3.8) is 0 Å². The van der Waals surface area contributed by atoms with E-state index in [1.54, 1.807) is 0 Å². The van der Waals surface area contributed by atoms with Crippen LogP contribution in [-0.4, -0.2) is 64.8 Å². The maximum absolute atomic E-state index is 11.0. The number of hydrogen-bond donors (Lipinski definition) is 0. The lowest BCUT2D eigenvalue weighted by molar-refractivity contribution is -0.140. The molecule has 2 aromatic carbocycles. The van der Waals surface area contributed by atoms with Crippen LogP contribution in [0.25, 0.3) is 0 Å². The van der Waals surface area contributed by atoms with E-state index in [9.17, 15) is 9.59 Å². The van der Waals surface area contributed by atoms with Gasteiger partial charge in [0.1, 0.15) is 37.9 Å². The summed E-state index contributed by atoms with van der Waals surface area (Å²) in [5, 5.41) is 0. The average molecular weight is 577 g/mol. The zero-order valence-electron chi connectivity index (χ0n) is 24.1. The Bertz CT molecular complexity index is 1160. The average Bonchev–Trinajstić information content (AvgIpc) is 3.47. The van der Waals surface area contributed by atoms with Crippen LogP contribution >= 0.6 is 0 Å². The monoisotopic (exact) mass is 576 g/mol. The van der Waals surface area contributed by atoms with Gasteiger partial charge in [-0.3, -0.25) is 0 Å². The lowest BCUT2D eigenvalue weighted by Gasteiger charge is -2.56. The van der Waals surface area contributed by atoms with Crippen LogP contribution in [0.1, 0.15) is 36.8 Å². The highest BCUT2D eigenvalue weighted by Crippen LogP contribution is 2.76. The fraction of sp³-hybridized carbons (Fsp3) is 0.471. The largest absolute Gasteiger partial charge is 0.491 e. The van der Waals surface area contributed by atoms with Crippen molar-refractivity contribution in [3.05, 3.63) is 85.0 Å². The van der Waals surface area contributed by atoms with Crippen molar-refractivity contribution in [1.82, 2.24) is 0 Å². The van der Waals surface area contributed by atoms with E-state index in [0.717, 1.165) is 35.5 Å². The van der Waals surface area contributed by atoms with E-state index in [4.69, 9.17) is 28.4 Å². The van der Waals surface area contributed by atoms with Crippen LogP contribution in [0.2, 0.25) is 0 Å². The molecule has 4 atom stereocenters. The van der Waals surface area contributed by atoms with Crippen molar-refractivity contribution in [3.8, 4) is 11.5 Å². The molecule has 3 fully saturated rings. The van der Waals surface area contributed by atoms with Crippen LogP contribution in [0.3, 0.4) is 0 Å². The van der Waals surface area contributed by atoms with E-state index in [-0.39, 0.29) is 24.0 Å². The molecule has 4 unspecified atom stereocenters. The van der Waals surface area contributed by atoms with Crippen molar-refractivity contribution >= 4 is 11.9 Å². The molecule has 2 aromatic rings. The van der Waals surface area contributed by atoms with Crippen molar-refractivity contribution in [2.24, 2.45) is 11.8 Å². The van der Waals surface area contributed by atoms with Crippen LogP contribution in [-0.2, 0) is 39.4 Å². The number of benzene rings is 2. The second-order valence-corrected chi connectivity index (χ2v) is 11.3. The van der Waals surface area contributed by atoms with E-state index in [2.05, 4.69) is 61.7 Å². The topological polar surface area (TPSA) is 89.5 Å². The first-order valence-electron chi connectivity index (χ1n) is 14.7. The second-order valence-electron chi connectivity index (χ2n) is 11.3. The number of carbonyl (C=O) groups excluding carboxylic acids is 2. The highest BCUT2D eigenvalue weighted by molar-refractivity contribution is 5.81. The third-order valence-corrected chi connectivity index (χ3v) is 8.99. The molecule has 0 aliphatic heterocycles. The summed E-state index contributed by atoms with van der Waals surface area (Å²) in [7, 11) is 0. The third-order valence-electron chi connectivity index (χ3n) is 8.99. The van der Waals surface area contributed by atoms with Crippen LogP contribution in [0.4, 0.5) is 0 Å². The standard InChI is InChI=1S/C34H40O8/c1-3-31(35)41-19-15-37-13-17-39-28-9-5-26(6-10-28)33-21-25-22-34(24-33,30(25)23-33)27-7-11-29(12-8-27)40-18-14-38-16-20-42-32(36)4-2/h3-12,25,30H,1-2,13-24H2. The van der Waals surface area contributed by atoms with Crippen molar-refractivity contribution in [1.29, 1.82) is 0 Å². The molecule has 0 amide bonds. The molecule has 0 spiro atoms. The van der Waals surface area contributed by atoms with Gasteiger partial charge in [0.05, 0.1) is 26.4 Å². The molecule has 224 valence electrons. The van der Waals surface area contributed by atoms with E-state index >= 15 is 0 Å². The number of carbonyl (C=O) groups is 2. The minimum Gasteiger partial charge on any atom is -0.491 e. The summed E-state index contributed by atoms with van der Waals surface area (Å²) in [6.07, 6.45) is 7.27. The van der Waals surface area contributed by atoms with Crippen LogP contribution in [0, 0.1) is 11.8 Å². The molecule has 5 rings (SSSR count). The molecule has 3 aliphatic rings. The van der Waals surface area contributed by atoms with Gasteiger partial charge >= 0.3 is 11.9 Å². The number of esters is 2. The van der Waals surface area contributed by atoms with Gasteiger partial charge in [-0.15, -0.1) is 0 Å². The Morgan fingerprint density at radius 3 is 1.69 bits per heavy atom. The fourth-order valence-electron chi connectivity index (χ4n) is 7.31. The summed E-state index contributed by atoms with van der Waals surface area (Å²) >= 11 is 0. The van der Waals surface area contributed by atoms with Crippen molar-refractivity contribution < 1.29 is 38.0 Å². The first kappa shape index (κ1) is 29.9. The van der Waals surface area contributed by atoms with Crippen molar-refractivity contribution in [2.45, 2.75) is 36.5 Å². The number of rotatable bonds is 18. The van der Waals surface area contributed by atoms with Gasteiger partial charge in [-0.2, -0.15) is 0 Å². The molecule has 0 aromatic heterocycles. The summed E-state index contributed by atoms with van der Waals surface area (Å²) in [6.45, 7) is 9.52. The maximum Gasteiger partial charge on any atom is 0.330 e. The first-order chi connectivity index (χ1) is 20.5. The van der Waals surface area contributed by atoms with Gasteiger partial charge in [0.25, 0.3) is 0 Å². The summed E-state index contributed by atoms with van der Waals surface area (Å²) in [6, 6.07) is 17.3. The molecule has 3 aliphatic carbocycles. The Balaban J connectivity index is 1.06. The molecular weight excluding hydrogens is 536 g/mol. The van der Waals surface area contributed by atoms with Gasteiger partial charge in [0.15, 0.2) is 0 Å². The normalized spacial score (nSPS) is 24.9. The van der Waals surface area contributed by atoms with E-state index in [1.807, 2.05) is 0 Å². The Hall–Kier alpha value is -3.62. The van der Waals surface area contributed by atoms with E-state index < -0.39 is 11.9 Å². The smallest absolute Gasteiger partial charge is 0.330 e. The molecule has 8 nitrogen and oxygen atoms in total. The molecule has 0 radical (unpaired) electrons. The number of hydrogen-bond acceptors (Lipinski definition) is 8. The van der Waals surface area contributed by atoms with Crippen LogP contribution in [0.15, 0.2) is 73.8 Å². The number of fused-ring (bicyclic) bond motifs is 1. The van der Waals surface area contributed by atoms with Gasteiger partial charge in [0.2, 0.25) is 0 Å². The van der Waals surface area contributed by atoms with Crippen LogP contribution in [0.5, 0.6) is 11.5 Å². The summed E-state index contributed by atoms with van der Waals surface area (Å²) in [4.78, 5) is 22.0. The molecule has 2 bridgehead atoms. The predicted molar refractivity (Wildman–Crippen MR) is 157 cm³/mol. The third kappa shape index (κ3) is 6.55. The minimum atomic E-state index is -0.446. The van der Waals surface area contributed by atoms with Crippen LogP contribution < -0.4 is 9.47 Å². The Kier molecular flexibility index (Phi) is 9.65. The zero-order chi connectivity index (χ0) is 29.4. The molecule has 42 heavy (non-hydrogen) atoms. The maximum atomic E-state index is 11.0. The zero-order valence-corrected chi connectivity index (χ0v) is 24.1. The van der Waals surface area contributed by atoms with Gasteiger partial charge < -0.3 is 28.4 Å². The summed E-state index contributed by atoms with van der Waals surface area (Å²) < 4.78 is 32.4. The highest BCUT2D eigenvalue weighted by Gasteiger charge is 2.70. The van der Waals surface area contributed by atoms with Gasteiger partial charge in [-0.25, -0.2) is 9.59 Å². The summed E-state index contributed by atoms with van der Waals surface area (Å²) in [5.41, 5.74) is 3.35. The minimum absolute atomic E-state index is 0.206. The quantitative estimate of drug-likeness (QED) is 0.140. The van der Waals surface area contributed by atoms with E-state index in [0.29, 0.717) is 39.6 Å². The Morgan fingerprint density at radius 1 is 0.667 bits per heavy atom. The van der Waals surface area contributed by atoms with Gasteiger partial charge in [-0.1, -0.05) is 37.4 Å². The lowest BCUT2D eigenvalue weighted by atomic mass is 9.48. The first-order valence-corrected chi connectivity index (χ1v) is 14.7. The molecule has 0 heterocycles. The predicted octanol–water partition coefficient (Wildman–Crippen LogP) is 4.95. The Labute approximate surface area is 247 Å². The number of ether oxygens (including phenoxy) is 6. The molecule has 3 saturated carbocycles. The molecule has 0 saturated heterocycles. The summed E-state index contributed by atoms with van der Waals surface area (Å²) in [5.74, 6) is 2.32. The van der Waals surface area contributed by atoms with E-state index in [1.165, 1.54) is 36.8 Å². The molecule has 0 N–H and O–H groups in total. The molecular formula is C34H40O8.